The smallest absolute Gasteiger partial charge is 0.143 e. The number of anilines is 3. The van der Waals surface area contributed by atoms with Gasteiger partial charge in [0.25, 0.3) is 0 Å². The minimum absolute atomic E-state index is 0.905. The molecule has 0 aliphatic heterocycles. The predicted molar refractivity (Wildman–Crippen MR) is 243 cm³/mol. The lowest BCUT2D eigenvalue weighted by Crippen LogP contribution is -2.10. The van der Waals surface area contributed by atoms with Gasteiger partial charge in [-0.15, -0.1) is 11.3 Å². The van der Waals surface area contributed by atoms with Crippen LogP contribution in [-0.2, 0) is 0 Å². The Kier molecular flexibility index (Phi) is 8.04. The number of nitrogens with zero attached hydrogens (tertiary/aromatic N) is 1. The highest BCUT2D eigenvalue weighted by atomic mass is 32.1. The molecule has 57 heavy (non-hydrogen) atoms. The highest BCUT2D eigenvalue weighted by Crippen LogP contribution is 2.43. The predicted octanol–water partition coefficient (Wildman–Crippen LogP) is 16.1. The van der Waals surface area contributed by atoms with E-state index in [0.717, 1.165) is 61.3 Å². The largest absolute Gasteiger partial charge is 0.455 e. The van der Waals surface area contributed by atoms with Crippen molar-refractivity contribution < 1.29 is 4.42 Å². The Morgan fingerprint density at radius 1 is 0.316 bits per heavy atom. The van der Waals surface area contributed by atoms with E-state index in [4.69, 9.17) is 4.42 Å². The molecule has 0 atom stereocenters. The minimum atomic E-state index is 0.905. The van der Waals surface area contributed by atoms with Gasteiger partial charge < -0.3 is 9.32 Å². The van der Waals surface area contributed by atoms with Crippen LogP contribution in [0.4, 0.5) is 17.1 Å². The van der Waals surface area contributed by atoms with Crippen LogP contribution in [0.3, 0.4) is 0 Å². The number of thiophene rings is 1. The van der Waals surface area contributed by atoms with Crippen molar-refractivity contribution >= 4 is 70.5 Å². The van der Waals surface area contributed by atoms with Crippen molar-refractivity contribution in [2.75, 3.05) is 4.90 Å². The molecule has 0 bridgehead atoms. The molecule has 0 spiro atoms. The number of hydrogen-bond acceptors (Lipinski definition) is 3. The first-order valence-corrected chi connectivity index (χ1v) is 20.1. The molecule has 0 saturated heterocycles. The van der Waals surface area contributed by atoms with Crippen LogP contribution in [0, 0.1) is 0 Å². The number of benzene rings is 9. The first-order valence-electron chi connectivity index (χ1n) is 19.3. The van der Waals surface area contributed by atoms with Gasteiger partial charge in [-0.2, -0.15) is 0 Å². The van der Waals surface area contributed by atoms with E-state index >= 15 is 0 Å². The molecule has 3 heteroatoms. The summed E-state index contributed by atoms with van der Waals surface area (Å²) in [4.78, 5) is 2.38. The summed E-state index contributed by atoms with van der Waals surface area (Å²) in [7, 11) is 0. The van der Waals surface area contributed by atoms with Crippen molar-refractivity contribution in [3.05, 3.63) is 212 Å². The van der Waals surface area contributed by atoms with Gasteiger partial charge in [-0.05, 0) is 106 Å². The van der Waals surface area contributed by atoms with Crippen molar-refractivity contribution in [1.29, 1.82) is 0 Å². The molecule has 0 N–H and O–H groups in total. The van der Waals surface area contributed by atoms with Crippen LogP contribution < -0.4 is 4.90 Å². The Balaban J connectivity index is 1.05. The molecule has 0 unspecified atom stereocenters. The second kappa shape index (κ2) is 13.8. The first kappa shape index (κ1) is 33.2. The molecule has 0 amide bonds. The molecule has 11 rings (SSSR count). The van der Waals surface area contributed by atoms with E-state index in [1.54, 1.807) is 0 Å². The summed E-state index contributed by atoms with van der Waals surface area (Å²) in [5, 5.41) is 4.89. The van der Waals surface area contributed by atoms with Crippen LogP contribution in [0.5, 0.6) is 0 Å². The lowest BCUT2D eigenvalue weighted by atomic mass is 9.97. The summed E-state index contributed by atoms with van der Waals surface area (Å²) in [6, 6.07) is 76.5. The van der Waals surface area contributed by atoms with Crippen LogP contribution in [0.25, 0.3) is 86.6 Å². The van der Waals surface area contributed by atoms with Crippen molar-refractivity contribution in [2.24, 2.45) is 0 Å². The van der Waals surface area contributed by atoms with Crippen molar-refractivity contribution in [1.82, 2.24) is 0 Å². The van der Waals surface area contributed by atoms with Gasteiger partial charge >= 0.3 is 0 Å². The molecule has 2 heterocycles. The molecule has 268 valence electrons. The van der Waals surface area contributed by atoms with Gasteiger partial charge in [-0.25, -0.2) is 0 Å². The molecular formula is C54H35NOS. The van der Waals surface area contributed by atoms with E-state index in [9.17, 15) is 0 Å². The maximum absolute atomic E-state index is 6.44. The molecule has 2 aromatic heterocycles. The average Bonchev–Trinajstić information content (AvgIpc) is 3.86. The van der Waals surface area contributed by atoms with Crippen LogP contribution in [0.2, 0.25) is 0 Å². The van der Waals surface area contributed by atoms with E-state index in [0.29, 0.717) is 0 Å². The van der Waals surface area contributed by atoms with E-state index < -0.39 is 0 Å². The normalized spacial score (nSPS) is 11.5. The quantitative estimate of drug-likeness (QED) is 0.162. The molecule has 0 radical (unpaired) electrons. The van der Waals surface area contributed by atoms with Gasteiger partial charge in [0.2, 0.25) is 0 Å². The van der Waals surface area contributed by atoms with Gasteiger partial charge in [0.05, 0.1) is 0 Å². The number of fused-ring (bicyclic) bond motifs is 6. The topological polar surface area (TPSA) is 16.4 Å². The molecule has 11 aromatic rings. The number of hydrogen-bond donors (Lipinski definition) is 0. The zero-order chi connectivity index (χ0) is 37.7. The molecule has 9 aromatic carbocycles. The van der Waals surface area contributed by atoms with Crippen LogP contribution in [0.15, 0.2) is 217 Å². The Hall–Kier alpha value is -7.20. The molecule has 0 fully saturated rings. The fraction of sp³-hybridized carbons (Fsp3) is 0. The Labute approximate surface area is 335 Å². The first-order chi connectivity index (χ1) is 28.2. The second-order valence-electron chi connectivity index (χ2n) is 14.5. The van der Waals surface area contributed by atoms with Gasteiger partial charge in [-0.3, -0.25) is 0 Å². The van der Waals surface area contributed by atoms with Crippen molar-refractivity contribution in [2.45, 2.75) is 0 Å². The Bertz CT molecular complexity index is 3160. The average molecular weight is 746 g/mol. The highest BCUT2D eigenvalue weighted by molar-refractivity contribution is 7.25. The van der Waals surface area contributed by atoms with Gasteiger partial charge in [-0.1, -0.05) is 146 Å². The minimum Gasteiger partial charge on any atom is -0.455 e. The summed E-state index contributed by atoms with van der Waals surface area (Å²) in [6.45, 7) is 0. The van der Waals surface area contributed by atoms with Crippen LogP contribution in [-0.4, -0.2) is 0 Å². The molecule has 2 nitrogen and oxygen atoms in total. The van der Waals surface area contributed by atoms with Crippen LogP contribution >= 0.6 is 11.3 Å². The molecule has 0 saturated carbocycles. The SMILES string of the molecule is c1ccc(-c2cc(-c3ccccc3)cc(N(c3ccc(-c4ccc5sc6ccccc6c5c4)cc3)c3ccc(-c4cccc5c4oc4ccccc45)cc3)c2)cc1. The monoisotopic (exact) mass is 745 g/mol. The standard InChI is InChI=1S/C54H35NOS/c1-3-12-36(13-4-1)41-32-42(37-14-5-2-6-15-37)34-45(33-41)55(43-27-22-38(23-28-43)40-26-31-53-50(35-40)48-17-8-10-21-52(48)57-53)44-29-24-39(25-30-44)46-18-11-19-49-47-16-7-9-20-51(47)56-54(46)49/h1-35H. The number of rotatable bonds is 7. The van der Waals surface area contributed by atoms with E-state index in [1.807, 2.05) is 23.5 Å². The zero-order valence-corrected chi connectivity index (χ0v) is 31.8. The second-order valence-corrected chi connectivity index (χ2v) is 15.6. The fourth-order valence-electron chi connectivity index (χ4n) is 8.26. The lowest BCUT2D eigenvalue weighted by molar-refractivity contribution is 0.670. The zero-order valence-electron chi connectivity index (χ0n) is 31.0. The number of para-hydroxylation sites is 2. The maximum atomic E-state index is 6.44. The molecular weight excluding hydrogens is 711 g/mol. The van der Waals surface area contributed by atoms with Gasteiger partial charge in [0.1, 0.15) is 11.2 Å². The fourth-order valence-corrected chi connectivity index (χ4v) is 9.34. The van der Waals surface area contributed by atoms with Gasteiger partial charge in [0, 0.05) is 53.6 Å². The van der Waals surface area contributed by atoms with E-state index in [1.165, 1.54) is 42.4 Å². The Morgan fingerprint density at radius 3 is 1.56 bits per heavy atom. The summed E-state index contributed by atoms with van der Waals surface area (Å²) < 4.78 is 9.08. The lowest BCUT2D eigenvalue weighted by Gasteiger charge is -2.27. The third-order valence-corrected chi connectivity index (χ3v) is 12.2. The summed E-state index contributed by atoms with van der Waals surface area (Å²) in [6.07, 6.45) is 0. The maximum Gasteiger partial charge on any atom is 0.143 e. The third-order valence-electron chi connectivity index (χ3n) is 11.1. The van der Waals surface area contributed by atoms with Crippen molar-refractivity contribution in [3.8, 4) is 44.5 Å². The van der Waals surface area contributed by atoms with Crippen LogP contribution in [0.1, 0.15) is 0 Å². The summed E-state index contributed by atoms with van der Waals surface area (Å²) in [5.74, 6) is 0. The van der Waals surface area contributed by atoms with Crippen molar-refractivity contribution in [3.63, 3.8) is 0 Å². The molecule has 0 aliphatic rings. The van der Waals surface area contributed by atoms with E-state index in [2.05, 4.69) is 205 Å². The van der Waals surface area contributed by atoms with E-state index in [-0.39, 0.29) is 0 Å². The summed E-state index contributed by atoms with van der Waals surface area (Å²) >= 11 is 1.85. The highest BCUT2D eigenvalue weighted by Gasteiger charge is 2.18. The Morgan fingerprint density at radius 2 is 0.860 bits per heavy atom. The summed E-state index contributed by atoms with van der Waals surface area (Å²) in [5.41, 5.74) is 14.3. The molecule has 0 aliphatic carbocycles. The van der Waals surface area contributed by atoms with Gasteiger partial charge in [0.15, 0.2) is 0 Å². The number of furan rings is 1. The third kappa shape index (κ3) is 5.97.